The van der Waals surface area contributed by atoms with Crippen molar-refractivity contribution in [3.63, 3.8) is 0 Å². The molecule has 4 rings (SSSR count). The van der Waals surface area contributed by atoms with Gasteiger partial charge in [0.15, 0.2) is 0 Å². The molecule has 1 aromatic heterocycles. The van der Waals surface area contributed by atoms with Gasteiger partial charge in [0.2, 0.25) is 5.79 Å². The molecule has 1 aliphatic heterocycles. The van der Waals surface area contributed by atoms with Crippen molar-refractivity contribution in [3.8, 4) is 0 Å². The lowest BCUT2D eigenvalue weighted by molar-refractivity contribution is -0.184. The maximum Gasteiger partial charge on any atom is 0.412 e. The minimum Gasteiger partial charge on any atom is -0.444 e. The quantitative estimate of drug-likeness (QED) is 0.343. The number of benzene rings is 2. The monoisotopic (exact) mass is 535 g/mol. The average molecular weight is 536 g/mol. The topological polar surface area (TPSA) is 74.6 Å². The molecule has 2 atom stereocenters. The van der Waals surface area contributed by atoms with Crippen LogP contribution in [0, 0.1) is 0 Å². The van der Waals surface area contributed by atoms with Crippen LogP contribution in [-0.4, -0.2) is 39.7 Å². The Morgan fingerprint density at radius 1 is 1.26 bits per heavy atom. The molecule has 1 amide bonds. The van der Waals surface area contributed by atoms with Gasteiger partial charge in [0.25, 0.3) is 0 Å². The van der Waals surface area contributed by atoms with Gasteiger partial charge >= 0.3 is 6.09 Å². The van der Waals surface area contributed by atoms with E-state index >= 15 is 0 Å². The summed E-state index contributed by atoms with van der Waals surface area (Å²) in [5.41, 5.74) is 0.843. The number of ether oxygens (including phenoxy) is 3. The number of carbonyl (C=O) groups excluding carboxylic acids is 1. The normalized spacial score (nSPS) is 20.1. The minimum absolute atomic E-state index is 0.158. The summed E-state index contributed by atoms with van der Waals surface area (Å²) in [6.07, 6.45) is 4.64. The Kier molecular flexibility index (Phi) is 7.98. The molecule has 2 aromatic carbocycles. The molecule has 0 saturated carbocycles. The van der Waals surface area contributed by atoms with Crippen LogP contribution >= 0.6 is 35.0 Å². The van der Waals surface area contributed by atoms with Crippen molar-refractivity contribution in [2.75, 3.05) is 17.7 Å². The first-order chi connectivity index (χ1) is 16.6. The van der Waals surface area contributed by atoms with Gasteiger partial charge in [-0.3, -0.25) is 5.32 Å². The second-order valence-electron chi connectivity index (χ2n) is 9.13. The smallest absolute Gasteiger partial charge is 0.412 e. The van der Waals surface area contributed by atoms with Gasteiger partial charge in [0.05, 0.1) is 30.6 Å². The highest BCUT2D eigenvalue weighted by molar-refractivity contribution is 7.99. The summed E-state index contributed by atoms with van der Waals surface area (Å²) in [4.78, 5) is 17.1. The predicted octanol–water partition coefficient (Wildman–Crippen LogP) is 6.60. The lowest BCUT2D eigenvalue weighted by Gasteiger charge is -2.30. The van der Waals surface area contributed by atoms with Crippen LogP contribution in [0.3, 0.4) is 0 Å². The Labute approximate surface area is 219 Å². The molecule has 2 heterocycles. The fourth-order valence-electron chi connectivity index (χ4n) is 3.62. The number of imidazole rings is 1. The number of hydrogen-bond donors (Lipinski definition) is 1. The number of thioether (sulfide) groups is 1. The third-order valence-electron chi connectivity index (χ3n) is 5.09. The molecule has 0 aliphatic carbocycles. The first kappa shape index (κ1) is 25.9. The highest BCUT2D eigenvalue weighted by Gasteiger charge is 2.45. The van der Waals surface area contributed by atoms with E-state index in [-0.39, 0.29) is 6.10 Å². The van der Waals surface area contributed by atoms with E-state index in [1.165, 1.54) is 0 Å². The van der Waals surface area contributed by atoms with Crippen LogP contribution < -0.4 is 5.32 Å². The zero-order valence-corrected chi connectivity index (χ0v) is 22.0. The molecule has 0 spiro atoms. The number of rotatable bonds is 7. The Bertz CT molecular complexity index is 1150. The zero-order valence-electron chi connectivity index (χ0n) is 19.7. The van der Waals surface area contributed by atoms with E-state index in [2.05, 4.69) is 10.3 Å². The van der Waals surface area contributed by atoms with Crippen molar-refractivity contribution in [1.82, 2.24) is 9.55 Å². The molecule has 0 unspecified atom stereocenters. The summed E-state index contributed by atoms with van der Waals surface area (Å²) in [6.45, 7) is 6.30. The average Bonchev–Trinajstić information content (AvgIpc) is 3.42. The Balaban J connectivity index is 1.39. The van der Waals surface area contributed by atoms with Crippen molar-refractivity contribution in [2.24, 2.45) is 0 Å². The van der Waals surface area contributed by atoms with E-state index in [9.17, 15) is 4.79 Å². The zero-order chi connectivity index (χ0) is 25.1. The molecular formula is C25H27Cl2N3O4S. The number of halogens is 2. The molecule has 0 radical (unpaired) electrons. The number of aromatic nitrogens is 2. The highest BCUT2D eigenvalue weighted by atomic mass is 35.5. The lowest BCUT2D eigenvalue weighted by Crippen LogP contribution is -2.34. The summed E-state index contributed by atoms with van der Waals surface area (Å²) in [6, 6.07) is 12.9. The van der Waals surface area contributed by atoms with E-state index in [0.29, 0.717) is 34.6 Å². The van der Waals surface area contributed by atoms with Gasteiger partial charge < -0.3 is 18.8 Å². The molecule has 1 aliphatic rings. The third-order valence-corrected chi connectivity index (χ3v) is 6.78. The van der Waals surface area contributed by atoms with Crippen molar-refractivity contribution in [3.05, 3.63) is 76.8 Å². The molecule has 7 nitrogen and oxygen atoms in total. The molecule has 0 bridgehead atoms. The third kappa shape index (κ3) is 6.92. The number of carbonyl (C=O) groups is 1. The second-order valence-corrected chi connectivity index (χ2v) is 11.1. The fourth-order valence-corrected chi connectivity index (χ4v) is 5.04. The first-order valence-electron chi connectivity index (χ1n) is 11.1. The molecule has 35 heavy (non-hydrogen) atoms. The predicted molar refractivity (Wildman–Crippen MR) is 138 cm³/mol. The van der Waals surface area contributed by atoms with Crippen LogP contribution in [0.2, 0.25) is 10.0 Å². The van der Waals surface area contributed by atoms with Crippen molar-refractivity contribution in [2.45, 2.75) is 49.7 Å². The van der Waals surface area contributed by atoms with Crippen molar-refractivity contribution >= 4 is 46.7 Å². The summed E-state index contributed by atoms with van der Waals surface area (Å²) in [5, 5.41) is 3.77. The summed E-state index contributed by atoms with van der Waals surface area (Å²) >= 11 is 14.3. The van der Waals surface area contributed by atoms with E-state index < -0.39 is 17.5 Å². The first-order valence-corrected chi connectivity index (χ1v) is 12.8. The van der Waals surface area contributed by atoms with Crippen molar-refractivity contribution in [1.29, 1.82) is 0 Å². The Morgan fingerprint density at radius 2 is 2.03 bits per heavy atom. The van der Waals surface area contributed by atoms with Crippen LogP contribution in [0.4, 0.5) is 10.5 Å². The van der Waals surface area contributed by atoms with Crippen LogP contribution in [-0.2, 0) is 26.5 Å². The maximum absolute atomic E-state index is 12.0. The minimum atomic E-state index is -1.05. The lowest BCUT2D eigenvalue weighted by atomic mass is 10.1. The van der Waals surface area contributed by atoms with Crippen LogP contribution in [0.15, 0.2) is 66.1 Å². The van der Waals surface area contributed by atoms with E-state index in [4.69, 9.17) is 37.4 Å². The number of hydrogen-bond acceptors (Lipinski definition) is 6. The SMILES string of the molecule is CC(C)(C)OC(=O)Nc1ccc(SC[C@@H]2CO[C@@](Cn3ccnc3)(c3ccc(Cl)cc3Cl)O2)cc1. The second kappa shape index (κ2) is 10.8. The standard InChI is InChI=1S/C25H27Cl2N3O4S/c1-24(2,3)34-23(31)29-18-5-7-20(8-6-18)35-14-19-13-32-25(33-19,15-30-11-10-28-16-30)21-9-4-17(26)12-22(21)27/h4-12,16,19H,13-15H2,1-3H3,(H,29,31)/t19-,25+/m0/s1. The number of amides is 1. The van der Waals surface area contributed by atoms with Gasteiger partial charge in [-0.25, -0.2) is 9.78 Å². The van der Waals surface area contributed by atoms with Gasteiger partial charge in [-0.2, -0.15) is 0 Å². The maximum atomic E-state index is 12.0. The summed E-state index contributed by atoms with van der Waals surface area (Å²) in [7, 11) is 0. The van der Waals surface area contributed by atoms with Gasteiger partial charge in [0, 0.05) is 39.3 Å². The molecule has 3 aromatic rings. The molecule has 1 saturated heterocycles. The van der Waals surface area contributed by atoms with Crippen LogP contribution in [0.1, 0.15) is 26.3 Å². The molecular weight excluding hydrogens is 509 g/mol. The number of nitrogens with one attached hydrogen (secondary N) is 1. The van der Waals surface area contributed by atoms with E-state index in [1.807, 2.05) is 61.9 Å². The van der Waals surface area contributed by atoms with E-state index in [0.717, 1.165) is 10.5 Å². The molecule has 1 N–H and O–H groups in total. The summed E-state index contributed by atoms with van der Waals surface area (Å²) in [5.74, 6) is -0.371. The molecule has 10 heteroatoms. The van der Waals surface area contributed by atoms with Crippen LogP contribution in [0.25, 0.3) is 0 Å². The highest BCUT2D eigenvalue weighted by Crippen LogP contribution is 2.41. The van der Waals surface area contributed by atoms with Crippen molar-refractivity contribution < 1.29 is 19.0 Å². The van der Waals surface area contributed by atoms with Gasteiger partial charge in [-0.05, 0) is 57.2 Å². The largest absolute Gasteiger partial charge is 0.444 e. The fraction of sp³-hybridized carbons (Fsp3) is 0.360. The number of nitrogens with zero attached hydrogens (tertiary/aromatic N) is 2. The van der Waals surface area contributed by atoms with Gasteiger partial charge in [-0.1, -0.05) is 29.3 Å². The Hall–Kier alpha value is -2.23. The van der Waals surface area contributed by atoms with Crippen LogP contribution in [0.5, 0.6) is 0 Å². The molecule has 1 fully saturated rings. The Morgan fingerprint density at radius 3 is 2.69 bits per heavy atom. The van der Waals surface area contributed by atoms with Gasteiger partial charge in [0.1, 0.15) is 5.60 Å². The molecule has 186 valence electrons. The van der Waals surface area contributed by atoms with E-state index in [1.54, 1.807) is 36.4 Å². The summed E-state index contributed by atoms with van der Waals surface area (Å²) < 4.78 is 19.9. The number of anilines is 1. The van der Waals surface area contributed by atoms with Gasteiger partial charge in [-0.15, -0.1) is 11.8 Å².